The summed E-state index contributed by atoms with van der Waals surface area (Å²) in [5.41, 5.74) is 13.3. The van der Waals surface area contributed by atoms with Gasteiger partial charge < -0.3 is 10.7 Å². The Balaban J connectivity index is 0.00000294. The van der Waals surface area contributed by atoms with E-state index in [1.807, 2.05) is 55.5 Å². The highest BCUT2D eigenvalue weighted by atomic mass is 35.5. The van der Waals surface area contributed by atoms with Crippen LogP contribution in [0.3, 0.4) is 0 Å². The number of hydrogen-bond acceptors (Lipinski definition) is 4. The zero-order chi connectivity index (χ0) is 25.7. The number of rotatable bonds is 5. The van der Waals surface area contributed by atoms with Gasteiger partial charge in [0.25, 0.3) is 0 Å². The minimum absolute atomic E-state index is 0. The summed E-state index contributed by atoms with van der Waals surface area (Å²) >= 11 is 0. The molecule has 6 aromatic rings. The molecular formula is C28H23ClF2N6O. The Hall–Kier alpha value is -4.34. The van der Waals surface area contributed by atoms with E-state index >= 15 is 0 Å². The molecule has 10 heteroatoms. The number of nitrogens with two attached hydrogens (primary N) is 1. The average Bonchev–Trinajstić information content (AvgIpc) is 3.47. The van der Waals surface area contributed by atoms with E-state index in [1.165, 1.54) is 16.5 Å². The van der Waals surface area contributed by atoms with Crippen LogP contribution in [0.2, 0.25) is 0 Å². The van der Waals surface area contributed by atoms with Crippen LogP contribution in [0.5, 0.6) is 0 Å². The van der Waals surface area contributed by atoms with Crippen molar-refractivity contribution < 1.29 is 8.78 Å². The van der Waals surface area contributed by atoms with E-state index in [2.05, 4.69) is 15.2 Å². The summed E-state index contributed by atoms with van der Waals surface area (Å²) in [5.74, 6) is -1.32. The first-order chi connectivity index (χ1) is 17.9. The van der Waals surface area contributed by atoms with E-state index in [0.29, 0.717) is 33.7 Å². The smallest absolute Gasteiger partial charge is 0.347 e. The molecule has 0 saturated carbocycles. The lowest BCUT2D eigenvalue weighted by Gasteiger charge is -2.18. The summed E-state index contributed by atoms with van der Waals surface area (Å²) in [5, 5.41) is 6.51. The van der Waals surface area contributed by atoms with Crippen LogP contribution in [0.1, 0.15) is 23.0 Å². The van der Waals surface area contributed by atoms with E-state index in [1.54, 1.807) is 6.07 Å². The Morgan fingerprint density at radius 2 is 1.71 bits per heavy atom. The molecule has 0 aliphatic heterocycles. The van der Waals surface area contributed by atoms with Gasteiger partial charge in [-0.25, -0.2) is 28.1 Å². The summed E-state index contributed by atoms with van der Waals surface area (Å²) < 4.78 is 29.2. The molecule has 0 aliphatic rings. The number of fused-ring (bicyclic) bond motifs is 2. The number of halogens is 3. The zero-order valence-electron chi connectivity index (χ0n) is 20.2. The molecule has 0 bridgehead atoms. The molecule has 0 spiro atoms. The van der Waals surface area contributed by atoms with E-state index in [4.69, 9.17) is 10.7 Å². The van der Waals surface area contributed by atoms with E-state index in [0.717, 1.165) is 28.4 Å². The third-order valence-corrected chi connectivity index (χ3v) is 6.56. The lowest BCUT2D eigenvalue weighted by Crippen LogP contribution is -2.17. The lowest BCUT2D eigenvalue weighted by atomic mass is 9.95. The second kappa shape index (κ2) is 9.85. The van der Waals surface area contributed by atoms with Crippen LogP contribution in [-0.4, -0.2) is 24.6 Å². The van der Waals surface area contributed by atoms with E-state index < -0.39 is 17.7 Å². The fourth-order valence-electron chi connectivity index (χ4n) is 4.85. The predicted molar refractivity (Wildman–Crippen MR) is 145 cm³/mol. The maximum Gasteiger partial charge on any atom is 0.347 e. The molecule has 4 aromatic heterocycles. The number of aromatic amines is 2. The molecule has 7 nitrogen and oxygen atoms in total. The van der Waals surface area contributed by atoms with Crippen molar-refractivity contribution in [2.24, 2.45) is 5.73 Å². The van der Waals surface area contributed by atoms with Gasteiger partial charge in [-0.2, -0.15) is 5.10 Å². The summed E-state index contributed by atoms with van der Waals surface area (Å²) in [7, 11) is 0. The number of pyridine rings is 2. The van der Waals surface area contributed by atoms with Crippen molar-refractivity contribution in [3.05, 3.63) is 112 Å². The van der Waals surface area contributed by atoms with Gasteiger partial charge in [0, 0.05) is 28.6 Å². The van der Waals surface area contributed by atoms with Crippen LogP contribution in [0.15, 0.2) is 77.6 Å². The Morgan fingerprint density at radius 1 is 0.974 bits per heavy atom. The van der Waals surface area contributed by atoms with E-state index in [9.17, 15) is 13.6 Å². The molecule has 0 fully saturated rings. The van der Waals surface area contributed by atoms with Gasteiger partial charge in [-0.3, -0.25) is 0 Å². The number of aryl methyl sites for hydroxylation is 1. The molecule has 0 saturated heterocycles. The van der Waals surface area contributed by atoms with Gasteiger partial charge in [-0.15, -0.1) is 12.4 Å². The van der Waals surface area contributed by atoms with Crippen molar-refractivity contribution in [3.63, 3.8) is 0 Å². The summed E-state index contributed by atoms with van der Waals surface area (Å²) in [6.45, 7) is 1.82. The quantitative estimate of drug-likeness (QED) is 0.273. The molecule has 192 valence electrons. The van der Waals surface area contributed by atoms with Crippen molar-refractivity contribution in [2.45, 2.75) is 19.4 Å². The summed E-state index contributed by atoms with van der Waals surface area (Å²) in [4.78, 5) is 20.7. The third-order valence-electron chi connectivity index (χ3n) is 6.56. The molecular weight excluding hydrogens is 510 g/mol. The molecule has 6 rings (SSSR count). The van der Waals surface area contributed by atoms with Crippen LogP contribution in [0.25, 0.3) is 39.1 Å². The normalized spacial score (nSPS) is 12.1. The van der Waals surface area contributed by atoms with Crippen molar-refractivity contribution in [3.8, 4) is 22.4 Å². The molecule has 0 unspecified atom stereocenters. The first kappa shape index (κ1) is 25.3. The predicted octanol–water partition coefficient (Wildman–Crippen LogP) is 5.48. The standard InChI is InChI=1S/C28H22F2N6O.ClH/c1-15-20(7-8-26-34-35-28(37)36(15)26)21-13-24-25(14-23(32-24)17-5-3-2-4-6-17)33-27(21)22(31)11-16-9-18(29)12-19(30)10-16;/h2-10,12-14,22,32H,11,31H2,1H3,(H,35,37);1H/t22-;/m0./s1. The molecule has 4 N–H and O–H groups in total. The van der Waals surface area contributed by atoms with Gasteiger partial charge >= 0.3 is 5.69 Å². The number of hydrogen-bond donors (Lipinski definition) is 3. The first-order valence-electron chi connectivity index (χ1n) is 11.7. The largest absolute Gasteiger partial charge is 0.353 e. The minimum atomic E-state index is -0.674. The number of H-pyrrole nitrogens is 2. The molecule has 38 heavy (non-hydrogen) atoms. The van der Waals surface area contributed by atoms with Gasteiger partial charge in [0.1, 0.15) is 11.6 Å². The number of nitrogens with one attached hydrogen (secondary N) is 2. The Morgan fingerprint density at radius 3 is 2.45 bits per heavy atom. The van der Waals surface area contributed by atoms with Crippen LogP contribution in [0.4, 0.5) is 8.78 Å². The number of benzene rings is 2. The van der Waals surface area contributed by atoms with Crippen LogP contribution < -0.4 is 11.4 Å². The van der Waals surface area contributed by atoms with Crippen molar-refractivity contribution in [1.82, 2.24) is 24.6 Å². The molecule has 0 amide bonds. The van der Waals surface area contributed by atoms with Crippen molar-refractivity contribution in [1.29, 1.82) is 0 Å². The fourth-order valence-corrected chi connectivity index (χ4v) is 4.85. The van der Waals surface area contributed by atoms with Crippen LogP contribution in [-0.2, 0) is 6.42 Å². The van der Waals surface area contributed by atoms with Gasteiger partial charge in [0.2, 0.25) is 0 Å². The van der Waals surface area contributed by atoms with Gasteiger partial charge in [0.15, 0.2) is 5.65 Å². The van der Waals surface area contributed by atoms with Gasteiger partial charge in [0.05, 0.1) is 22.8 Å². The zero-order valence-corrected chi connectivity index (χ0v) is 21.0. The second-order valence-electron chi connectivity index (χ2n) is 9.05. The Labute approximate surface area is 221 Å². The van der Waals surface area contributed by atoms with Crippen molar-refractivity contribution >= 4 is 29.1 Å². The van der Waals surface area contributed by atoms with Gasteiger partial charge in [-0.05, 0) is 60.9 Å². The lowest BCUT2D eigenvalue weighted by molar-refractivity contribution is 0.576. The Kier molecular flexibility index (Phi) is 6.56. The van der Waals surface area contributed by atoms with Crippen molar-refractivity contribution in [2.75, 3.05) is 0 Å². The maximum absolute atomic E-state index is 13.9. The summed E-state index contributed by atoms with van der Waals surface area (Å²) in [6.07, 6.45) is 0.170. The average molecular weight is 533 g/mol. The maximum atomic E-state index is 13.9. The topological polar surface area (TPSA) is 105 Å². The van der Waals surface area contributed by atoms with Crippen LogP contribution >= 0.6 is 12.4 Å². The number of aromatic nitrogens is 5. The summed E-state index contributed by atoms with van der Waals surface area (Å²) in [6, 6.07) is 20.1. The highest BCUT2D eigenvalue weighted by molar-refractivity contribution is 5.88. The minimum Gasteiger partial charge on any atom is -0.353 e. The monoisotopic (exact) mass is 532 g/mol. The fraction of sp³-hybridized carbons (Fsp3) is 0.107. The van der Waals surface area contributed by atoms with Gasteiger partial charge in [-0.1, -0.05) is 30.3 Å². The molecule has 1 atom stereocenters. The first-order valence-corrected chi connectivity index (χ1v) is 11.7. The molecule has 4 heterocycles. The van der Waals surface area contributed by atoms with E-state index in [-0.39, 0.29) is 24.5 Å². The third kappa shape index (κ3) is 4.46. The SMILES string of the molecule is Cc1c(-c2cc3[nH]c(-c4ccccc4)cc3nc2[C@@H](N)Cc2cc(F)cc(F)c2)ccc2n[nH]c(=O)n12.Cl. The highest BCUT2D eigenvalue weighted by Gasteiger charge is 2.21. The number of nitrogens with zero attached hydrogens (tertiary/aromatic N) is 3. The second-order valence-corrected chi connectivity index (χ2v) is 9.05. The molecule has 2 aromatic carbocycles. The molecule has 0 aliphatic carbocycles. The highest BCUT2D eigenvalue weighted by Crippen LogP contribution is 2.34. The Bertz CT molecular complexity index is 1820. The van der Waals surface area contributed by atoms with Crippen LogP contribution in [0, 0.1) is 18.6 Å². The molecule has 0 radical (unpaired) electrons.